The number of anilines is 1. The van der Waals surface area contributed by atoms with Crippen molar-refractivity contribution in [1.82, 2.24) is 4.98 Å². The average molecular weight is 487 g/mol. The van der Waals surface area contributed by atoms with Crippen LogP contribution in [0.15, 0.2) is 66.9 Å². The highest BCUT2D eigenvalue weighted by Crippen LogP contribution is 2.28. The number of rotatable bonds is 5. The number of hydrogen-bond donors (Lipinski definition) is 2. The van der Waals surface area contributed by atoms with Crippen LogP contribution < -0.4 is 10.1 Å². The fraction of sp³-hybridized carbons (Fsp3) is 0.0952. The predicted molar refractivity (Wildman–Crippen MR) is 113 cm³/mol. The molecule has 3 aromatic rings. The second kappa shape index (κ2) is 11.4. The summed E-state index contributed by atoms with van der Waals surface area (Å²) in [6.45, 7) is 0.269. The van der Waals surface area contributed by atoms with E-state index in [2.05, 4.69) is 10.3 Å². The molecule has 168 valence electrons. The fourth-order valence-corrected chi connectivity index (χ4v) is 2.51. The molecule has 0 saturated heterocycles. The number of carboxylic acid groups (broad SMARTS) is 1. The zero-order chi connectivity index (χ0) is 23.7. The number of carbonyl (C=O) groups is 2. The number of aromatic nitrogens is 1. The number of halogens is 5. The van der Waals surface area contributed by atoms with Gasteiger partial charge >= 0.3 is 12.1 Å². The van der Waals surface area contributed by atoms with Crippen LogP contribution in [0.1, 0.15) is 15.9 Å². The maximum Gasteiger partial charge on any atom is 0.490 e. The molecule has 1 heterocycles. The van der Waals surface area contributed by atoms with Crippen LogP contribution in [0.2, 0.25) is 10.0 Å². The number of hydrogen-bond acceptors (Lipinski definition) is 4. The Morgan fingerprint density at radius 1 is 1.03 bits per heavy atom. The molecule has 32 heavy (non-hydrogen) atoms. The highest BCUT2D eigenvalue weighted by atomic mass is 35.5. The van der Waals surface area contributed by atoms with Gasteiger partial charge in [-0.1, -0.05) is 41.4 Å². The first kappa shape index (κ1) is 25.0. The SMILES string of the molecule is O=C(Nc1ccccn1)c1cccc(COc2cc(Cl)ccc2Cl)c1.O=C(O)C(F)(F)F. The summed E-state index contributed by atoms with van der Waals surface area (Å²) in [4.78, 5) is 25.3. The van der Waals surface area contributed by atoms with Crippen LogP contribution in [0.3, 0.4) is 0 Å². The lowest BCUT2D eigenvalue weighted by atomic mass is 10.1. The number of aliphatic carboxylic acids is 1. The number of pyridine rings is 1. The molecule has 2 N–H and O–H groups in total. The third-order valence-corrected chi connectivity index (χ3v) is 4.17. The van der Waals surface area contributed by atoms with Crippen molar-refractivity contribution in [2.75, 3.05) is 5.32 Å². The van der Waals surface area contributed by atoms with Gasteiger partial charge in [-0.2, -0.15) is 13.2 Å². The number of nitrogens with zero attached hydrogens (tertiary/aromatic N) is 1. The minimum absolute atomic E-state index is 0.235. The first-order valence-corrected chi connectivity index (χ1v) is 9.51. The third-order valence-electron chi connectivity index (χ3n) is 3.63. The number of carboxylic acids is 1. The van der Waals surface area contributed by atoms with Crippen LogP contribution in [-0.2, 0) is 11.4 Å². The molecule has 0 spiro atoms. The second-order valence-corrected chi connectivity index (χ2v) is 6.88. The number of benzene rings is 2. The molecular weight excluding hydrogens is 472 g/mol. The molecule has 11 heteroatoms. The van der Waals surface area contributed by atoms with Crippen molar-refractivity contribution in [3.05, 3.63) is 88.0 Å². The summed E-state index contributed by atoms with van der Waals surface area (Å²) in [7, 11) is 0. The highest BCUT2D eigenvalue weighted by Gasteiger charge is 2.38. The van der Waals surface area contributed by atoms with E-state index in [4.69, 9.17) is 37.8 Å². The van der Waals surface area contributed by atoms with E-state index >= 15 is 0 Å². The van der Waals surface area contributed by atoms with Crippen LogP contribution in [0, 0.1) is 0 Å². The predicted octanol–water partition coefficient (Wildman–Crippen LogP) is 5.85. The van der Waals surface area contributed by atoms with Gasteiger partial charge in [0.05, 0.1) is 5.02 Å². The molecular formula is C21H15Cl2F3N2O4. The van der Waals surface area contributed by atoms with Crippen molar-refractivity contribution in [3.8, 4) is 5.75 Å². The molecule has 0 aliphatic carbocycles. The number of alkyl halides is 3. The lowest BCUT2D eigenvalue weighted by Gasteiger charge is -2.10. The molecule has 1 amide bonds. The molecule has 1 aromatic heterocycles. The molecule has 3 rings (SSSR count). The van der Waals surface area contributed by atoms with Crippen LogP contribution in [0.25, 0.3) is 0 Å². The average Bonchev–Trinajstić information content (AvgIpc) is 2.75. The van der Waals surface area contributed by atoms with Crippen molar-refractivity contribution in [1.29, 1.82) is 0 Å². The molecule has 0 atom stereocenters. The number of carbonyl (C=O) groups excluding carboxylic acids is 1. The lowest BCUT2D eigenvalue weighted by molar-refractivity contribution is -0.192. The molecule has 0 saturated carbocycles. The highest BCUT2D eigenvalue weighted by molar-refractivity contribution is 6.34. The molecule has 2 aromatic carbocycles. The van der Waals surface area contributed by atoms with Gasteiger partial charge in [0.25, 0.3) is 5.91 Å². The quantitative estimate of drug-likeness (QED) is 0.471. The van der Waals surface area contributed by atoms with Gasteiger partial charge in [-0.25, -0.2) is 9.78 Å². The molecule has 0 fully saturated rings. The molecule has 0 unspecified atom stereocenters. The third kappa shape index (κ3) is 8.09. The maximum atomic E-state index is 12.3. The standard InChI is InChI=1S/C19H14Cl2N2O2.C2HF3O2/c20-15-7-8-16(21)17(11-15)25-12-13-4-3-5-14(10-13)19(24)23-18-6-1-2-9-22-18;3-2(4,5)1(6)7/h1-11H,12H2,(H,22,23,24);(H,6,7). The van der Waals surface area contributed by atoms with Crippen LogP contribution >= 0.6 is 23.2 Å². The van der Waals surface area contributed by atoms with E-state index in [0.717, 1.165) is 5.56 Å². The van der Waals surface area contributed by atoms with E-state index in [9.17, 15) is 18.0 Å². The van der Waals surface area contributed by atoms with E-state index in [1.807, 2.05) is 12.1 Å². The number of nitrogens with one attached hydrogen (secondary N) is 1. The maximum absolute atomic E-state index is 12.3. The normalized spacial score (nSPS) is 10.5. The zero-order valence-electron chi connectivity index (χ0n) is 16.1. The van der Waals surface area contributed by atoms with Gasteiger partial charge < -0.3 is 15.2 Å². The van der Waals surface area contributed by atoms with Crippen molar-refractivity contribution in [2.45, 2.75) is 12.8 Å². The monoisotopic (exact) mass is 486 g/mol. The molecule has 0 bridgehead atoms. The summed E-state index contributed by atoms with van der Waals surface area (Å²) >= 11 is 12.0. The zero-order valence-corrected chi connectivity index (χ0v) is 17.6. The second-order valence-electron chi connectivity index (χ2n) is 6.04. The van der Waals surface area contributed by atoms with Crippen molar-refractivity contribution >= 4 is 40.9 Å². The van der Waals surface area contributed by atoms with Crippen LogP contribution in [-0.4, -0.2) is 28.1 Å². The van der Waals surface area contributed by atoms with Crippen molar-refractivity contribution in [2.24, 2.45) is 0 Å². The largest absolute Gasteiger partial charge is 0.490 e. The number of ether oxygens (including phenoxy) is 1. The Balaban J connectivity index is 0.000000451. The summed E-state index contributed by atoms with van der Waals surface area (Å²) < 4.78 is 37.4. The van der Waals surface area contributed by atoms with E-state index in [1.165, 1.54) is 0 Å². The van der Waals surface area contributed by atoms with Crippen LogP contribution in [0.5, 0.6) is 5.75 Å². The smallest absolute Gasteiger partial charge is 0.487 e. The Labute approximate surface area is 190 Å². The first-order valence-electron chi connectivity index (χ1n) is 8.75. The molecule has 6 nitrogen and oxygen atoms in total. The van der Waals surface area contributed by atoms with Gasteiger partial charge in [-0.3, -0.25) is 4.79 Å². The van der Waals surface area contributed by atoms with E-state index in [0.29, 0.717) is 27.2 Å². The molecule has 0 radical (unpaired) electrons. The Hall–Kier alpha value is -3.30. The minimum Gasteiger partial charge on any atom is -0.487 e. The van der Waals surface area contributed by atoms with Gasteiger partial charge in [0.15, 0.2) is 0 Å². The van der Waals surface area contributed by atoms with E-state index < -0.39 is 12.1 Å². The van der Waals surface area contributed by atoms with Gasteiger partial charge in [0, 0.05) is 22.8 Å². The van der Waals surface area contributed by atoms with E-state index in [1.54, 1.807) is 54.7 Å². The minimum atomic E-state index is -5.08. The topological polar surface area (TPSA) is 88.5 Å². The molecule has 0 aliphatic heterocycles. The van der Waals surface area contributed by atoms with Gasteiger partial charge in [-0.05, 0) is 42.0 Å². The Kier molecular flexibility index (Phi) is 8.86. The van der Waals surface area contributed by atoms with E-state index in [-0.39, 0.29) is 12.5 Å². The van der Waals surface area contributed by atoms with Crippen LogP contribution in [0.4, 0.5) is 19.0 Å². The van der Waals surface area contributed by atoms with Gasteiger partial charge in [0.2, 0.25) is 0 Å². The molecule has 0 aliphatic rings. The Morgan fingerprint density at radius 3 is 2.38 bits per heavy atom. The first-order chi connectivity index (χ1) is 15.1. The van der Waals surface area contributed by atoms with Crippen molar-refractivity contribution < 1.29 is 32.6 Å². The van der Waals surface area contributed by atoms with Crippen molar-refractivity contribution in [3.63, 3.8) is 0 Å². The van der Waals surface area contributed by atoms with Gasteiger partial charge in [-0.15, -0.1) is 0 Å². The Morgan fingerprint density at radius 2 is 1.75 bits per heavy atom. The summed E-state index contributed by atoms with van der Waals surface area (Å²) in [5.74, 6) is -1.99. The summed E-state index contributed by atoms with van der Waals surface area (Å²) in [6.07, 6.45) is -3.46. The number of amides is 1. The Bertz CT molecular complexity index is 1080. The summed E-state index contributed by atoms with van der Waals surface area (Å²) in [5, 5.41) is 10.9. The summed E-state index contributed by atoms with van der Waals surface area (Å²) in [5.41, 5.74) is 1.36. The van der Waals surface area contributed by atoms with Gasteiger partial charge in [0.1, 0.15) is 18.2 Å². The summed E-state index contributed by atoms with van der Waals surface area (Å²) in [6, 6.07) is 17.5. The lowest BCUT2D eigenvalue weighted by Crippen LogP contribution is -2.21. The fourth-order valence-electron chi connectivity index (χ4n) is 2.18.